The molecule has 1 aromatic rings. The summed E-state index contributed by atoms with van der Waals surface area (Å²) in [5, 5.41) is 6.42. The van der Waals surface area contributed by atoms with Gasteiger partial charge in [0.2, 0.25) is 0 Å². The van der Waals surface area contributed by atoms with Crippen molar-refractivity contribution in [1.82, 2.24) is 10.6 Å². The van der Waals surface area contributed by atoms with Gasteiger partial charge in [-0.15, -0.1) is 0 Å². The summed E-state index contributed by atoms with van der Waals surface area (Å²) in [5.74, 6) is 1.35. The fourth-order valence-electron chi connectivity index (χ4n) is 2.55. The summed E-state index contributed by atoms with van der Waals surface area (Å²) < 4.78 is 5.60. The molecule has 0 radical (unpaired) electrons. The molecule has 0 aliphatic carbocycles. The molecule has 2 unspecified atom stereocenters. The third kappa shape index (κ3) is 4.74. The van der Waals surface area contributed by atoms with Gasteiger partial charge >= 0.3 is 0 Å². The maximum absolute atomic E-state index is 12.2. The Labute approximate surface area is 127 Å². The highest BCUT2D eigenvalue weighted by Gasteiger charge is 2.22. The van der Waals surface area contributed by atoms with E-state index in [9.17, 15) is 4.79 Å². The summed E-state index contributed by atoms with van der Waals surface area (Å²) in [6.07, 6.45) is 3.30. The molecule has 116 valence electrons. The Morgan fingerprint density at radius 1 is 1.43 bits per heavy atom. The Bertz CT molecular complexity index is 439. The predicted molar refractivity (Wildman–Crippen MR) is 84.7 cm³/mol. The monoisotopic (exact) mass is 290 g/mol. The topological polar surface area (TPSA) is 50.4 Å². The molecule has 2 atom stereocenters. The largest absolute Gasteiger partial charge is 0.494 e. The minimum absolute atomic E-state index is 0.00509. The SMILES string of the molecule is CCCCOc1ccc(C(=O)NC(C)C2CCNC2)cc1. The van der Waals surface area contributed by atoms with Gasteiger partial charge in [-0.3, -0.25) is 4.79 Å². The van der Waals surface area contributed by atoms with Crippen molar-refractivity contribution in [2.45, 2.75) is 39.2 Å². The molecule has 1 aliphatic rings. The molecule has 0 spiro atoms. The van der Waals surface area contributed by atoms with Crippen molar-refractivity contribution in [2.75, 3.05) is 19.7 Å². The number of ether oxygens (including phenoxy) is 1. The van der Waals surface area contributed by atoms with Crippen molar-refractivity contribution >= 4 is 5.91 Å². The van der Waals surface area contributed by atoms with Gasteiger partial charge in [-0.05, 0) is 63.0 Å². The second-order valence-electron chi connectivity index (χ2n) is 5.74. The number of carbonyl (C=O) groups excluding carboxylic acids is 1. The van der Waals surface area contributed by atoms with E-state index in [0.717, 1.165) is 44.7 Å². The number of rotatable bonds is 7. The first-order valence-corrected chi connectivity index (χ1v) is 7.95. The van der Waals surface area contributed by atoms with Crippen LogP contribution in [-0.4, -0.2) is 31.6 Å². The van der Waals surface area contributed by atoms with Gasteiger partial charge < -0.3 is 15.4 Å². The summed E-state index contributed by atoms with van der Waals surface area (Å²) in [5.41, 5.74) is 0.690. The number of carbonyl (C=O) groups is 1. The van der Waals surface area contributed by atoms with Crippen LogP contribution in [0.15, 0.2) is 24.3 Å². The Balaban J connectivity index is 1.84. The van der Waals surface area contributed by atoms with Gasteiger partial charge in [-0.1, -0.05) is 13.3 Å². The molecule has 1 aromatic carbocycles. The van der Waals surface area contributed by atoms with E-state index in [1.54, 1.807) is 0 Å². The summed E-state index contributed by atoms with van der Waals surface area (Å²) in [4.78, 5) is 12.2. The van der Waals surface area contributed by atoms with Crippen LogP contribution in [0.2, 0.25) is 0 Å². The van der Waals surface area contributed by atoms with Gasteiger partial charge in [0.05, 0.1) is 6.61 Å². The molecule has 1 aliphatic heterocycles. The highest BCUT2D eigenvalue weighted by molar-refractivity contribution is 5.94. The zero-order chi connectivity index (χ0) is 15.1. The van der Waals surface area contributed by atoms with Crippen LogP contribution in [0.5, 0.6) is 5.75 Å². The minimum Gasteiger partial charge on any atom is -0.494 e. The van der Waals surface area contributed by atoms with Crippen molar-refractivity contribution in [3.63, 3.8) is 0 Å². The van der Waals surface area contributed by atoms with Gasteiger partial charge in [-0.2, -0.15) is 0 Å². The highest BCUT2D eigenvalue weighted by Crippen LogP contribution is 2.15. The average molecular weight is 290 g/mol. The summed E-state index contributed by atoms with van der Waals surface area (Å²) >= 11 is 0. The number of amides is 1. The van der Waals surface area contributed by atoms with Crippen molar-refractivity contribution in [2.24, 2.45) is 5.92 Å². The normalized spacial score (nSPS) is 19.2. The molecule has 21 heavy (non-hydrogen) atoms. The maximum Gasteiger partial charge on any atom is 0.251 e. The van der Waals surface area contributed by atoms with E-state index in [1.807, 2.05) is 24.3 Å². The van der Waals surface area contributed by atoms with Crippen LogP contribution in [0.3, 0.4) is 0 Å². The molecular formula is C17H26N2O2. The average Bonchev–Trinajstić information content (AvgIpc) is 3.02. The van der Waals surface area contributed by atoms with E-state index in [4.69, 9.17) is 4.74 Å². The zero-order valence-electron chi connectivity index (χ0n) is 13.0. The van der Waals surface area contributed by atoms with Crippen LogP contribution >= 0.6 is 0 Å². The van der Waals surface area contributed by atoms with Crippen LogP contribution in [0.25, 0.3) is 0 Å². The summed E-state index contributed by atoms with van der Waals surface area (Å²) in [6, 6.07) is 7.60. The summed E-state index contributed by atoms with van der Waals surface area (Å²) in [6.45, 7) is 6.99. The Hall–Kier alpha value is -1.55. The smallest absolute Gasteiger partial charge is 0.251 e. The number of unbranched alkanes of at least 4 members (excludes halogenated alkanes) is 1. The van der Waals surface area contributed by atoms with Gasteiger partial charge in [-0.25, -0.2) is 0 Å². The number of nitrogens with one attached hydrogen (secondary N) is 2. The van der Waals surface area contributed by atoms with E-state index < -0.39 is 0 Å². The first-order chi connectivity index (χ1) is 10.2. The van der Waals surface area contributed by atoms with E-state index >= 15 is 0 Å². The number of benzene rings is 1. The third-order valence-corrected chi connectivity index (χ3v) is 4.05. The number of hydrogen-bond donors (Lipinski definition) is 2. The molecule has 1 fully saturated rings. The lowest BCUT2D eigenvalue weighted by molar-refractivity contribution is 0.0929. The molecule has 0 saturated carbocycles. The van der Waals surface area contributed by atoms with Crippen molar-refractivity contribution < 1.29 is 9.53 Å². The van der Waals surface area contributed by atoms with Crippen LogP contribution in [0, 0.1) is 5.92 Å². The lowest BCUT2D eigenvalue weighted by atomic mass is 10.0. The highest BCUT2D eigenvalue weighted by atomic mass is 16.5. The second-order valence-corrected chi connectivity index (χ2v) is 5.74. The van der Waals surface area contributed by atoms with Gasteiger partial charge in [0.1, 0.15) is 5.75 Å². The van der Waals surface area contributed by atoms with Crippen LogP contribution in [0.4, 0.5) is 0 Å². The molecule has 1 amide bonds. The predicted octanol–water partition coefficient (Wildman–Crippen LogP) is 2.59. The fraction of sp³-hybridized carbons (Fsp3) is 0.588. The molecule has 0 bridgehead atoms. The van der Waals surface area contributed by atoms with Crippen LogP contribution < -0.4 is 15.4 Å². The summed E-state index contributed by atoms with van der Waals surface area (Å²) in [7, 11) is 0. The van der Waals surface area contributed by atoms with E-state index in [0.29, 0.717) is 11.5 Å². The Morgan fingerprint density at radius 3 is 2.81 bits per heavy atom. The molecule has 4 nitrogen and oxygen atoms in total. The molecule has 1 heterocycles. The molecule has 1 saturated heterocycles. The molecular weight excluding hydrogens is 264 g/mol. The Kier molecular flexibility index (Phi) is 6.05. The first kappa shape index (κ1) is 15.8. The standard InChI is InChI=1S/C17H26N2O2/c1-3-4-11-21-16-7-5-14(6-8-16)17(20)19-13(2)15-9-10-18-12-15/h5-8,13,15,18H,3-4,9-12H2,1-2H3,(H,19,20). The van der Waals surface area contributed by atoms with Gasteiger partial charge in [0, 0.05) is 11.6 Å². The molecule has 2 rings (SSSR count). The van der Waals surface area contributed by atoms with Crippen molar-refractivity contribution in [1.29, 1.82) is 0 Å². The van der Waals surface area contributed by atoms with Crippen LogP contribution in [0.1, 0.15) is 43.5 Å². The zero-order valence-corrected chi connectivity index (χ0v) is 13.0. The number of hydrogen-bond acceptors (Lipinski definition) is 3. The second kappa shape index (κ2) is 8.03. The van der Waals surface area contributed by atoms with Crippen molar-refractivity contribution in [3.05, 3.63) is 29.8 Å². The lowest BCUT2D eigenvalue weighted by Gasteiger charge is -2.19. The van der Waals surface area contributed by atoms with E-state index in [-0.39, 0.29) is 11.9 Å². The van der Waals surface area contributed by atoms with Crippen LogP contribution in [-0.2, 0) is 0 Å². The fourth-order valence-corrected chi connectivity index (χ4v) is 2.55. The van der Waals surface area contributed by atoms with Crippen molar-refractivity contribution in [3.8, 4) is 5.75 Å². The van der Waals surface area contributed by atoms with Gasteiger partial charge in [0.15, 0.2) is 0 Å². The van der Waals surface area contributed by atoms with E-state index in [2.05, 4.69) is 24.5 Å². The quantitative estimate of drug-likeness (QED) is 0.759. The molecule has 4 heteroatoms. The lowest BCUT2D eigenvalue weighted by Crippen LogP contribution is -2.38. The first-order valence-electron chi connectivity index (χ1n) is 7.95. The molecule has 0 aromatic heterocycles. The maximum atomic E-state index is 12.2. The molecule has 2 N–H and O–H groups in total. The van der Waals surface area contributed by atoms with Gasteiger partial charge in [0.25, 0.3) is 5.91 Å². The Morgan fingerprint density at radius 2 is 2.19 bits per heavy atom. The third-order valence-electron chi connectivity index (χ3n) is 4.05. The minimum atomic E-state index is -0.00509. The van der Waals surface area contributed by atoms with E-state index in [1.165, 1.54) is 0 Å².